The maximum absolute atomic E-state index is 13.7. The van der Waals surface area contributed by atoms with E-state index in [1.165, 1.54) is 36.5 Å². The van der Waals surface area contributed by atoms with Crippen LogP contribution in [0, 0.1) is 15.9 Å². The SMILES string of the molecule is COc1cc(-n2ccnc2)c(F)cc1[N+](=O)[O-]. The molecule has 0 radical (unpaired) electrons. The zero-order valence-corrected chi connectivity index (χ0v) is 8.83. The van der Waals surface area contributed by atoms with Gasteiger partial charge in [0.15, 0.2) is 11.6 Å². The third-order valence-corrected chi connectivity index (χ3v) is 2.23. The highest BCUT2D eigenvalue weighted by molar-refractivity contribution is 5.54. The molecule has 0 bridgehead atoms. The van der Waals surface area contributed by atoms with Crippen molar-refractivity contribution in [1.82, 2.24) is 9.55 Å². The van der Waals surface area contributed by atoms with E-state index in [2.05, 4.69) is 4.98 Å². The number of nitro benzene ring substituents is 1. The van der Waals surface area contributed by atoms with Crippen molar-refractivity contribution < 1.29 is 14.1 Å². The minimum Gasteiger partial charge on any atom is -0.490 e. The lowest BCUT2D eigenvalue weighted by Gasteiger charge is -2.07. The number of imidazole rings is 1. The van der Waals surface area contributed by atoms with Gasteiger partial charge in [0.1, 0.15) is 0 Å². The first-order valence-corrected chi connectivity index (χ1v) is 4.63. The maximum atomic E-state index is 13.7. The van der Waals surface area contributed by atoms with E-state index >= 15 is 0 Å². The van der Waals surface area contributed by atoms with Gasteiger partial charge in [0.25, 0.3) is 0 Å². The summed E-state index contributed by atoms with van der Waals surface area (Å²) in [6, 6.07) is 2.09. The molecule has 0 aliphatic heterocycles. The molecule has 0 aliphatic carbocycles. The number of hydrogen-bond donors (Lipinski definition) is 0. The Morgan fingerprint density at radius 2 is 2.29 bits per heavy atom. The molecule has 7 heteroatoms. The van der Waals surface area contributed by atoms with E-state index in [1.807, 2.05) is 0 Å². The molecule has 1 aromatic carbocycles. The van der Waals surface area contributed by atoms with Gasteiger partial charge in [-0.15, -0.1) is 0 Å². The van der Waals surface area contributed by atoms with Crippen molar-refractivity contribution in [1.29, 1.82) is 0 Å². The second-order valence-electron chi connectivity index (χ2n) is 3.20. The van der Waals surface area contributed by atoms with Crippen LogP contribution in [-0.4, -0.2) is 21.6 Å². The fourth-order valence-corrected chi connectivity index (χ4v) is 1.44. The summed E-state index contributed by atoms with van der Waals surface area (Å²) in [6.45, 7) is 0. The summed E-state index contributed by atoms with van der Waals surface area (Å²) < 4.78 is 19.9. The number of hydrogen-bond acceptors (Lipinski definition) is 4. The van der Waals surface area contributed by atoms with Crippen molar-refractivity contribution in [3.05, 3.63) is 46.8 Å². The molecule has 6 nitrogen and oxygen atoms in total. The standard InChI is InChI=1S/C10H8FN3O3/c1-17-10-5-8(13-3-2-12-6-13)7(11)4-9(10)14(15)16/h2-6H,1H3. The second-order valence-corrected chi connectivity index (χ2v) is 3.20. The second kappa shape index (κ2) is 4.20. The summed E-state index contributed by atoms with van der Waals surface area (Å²) in [7, 11) is 1.29. The number of rotatable bonds is 3. The zero-order valence-electron chi connectivity index (χ0n) is 8.83. The molecule has 17 heavy (non-hydrogen) atoms. The summed E-state index contributed by atoms with van der Waals surface area (Å²) in [5, 5.41) is 10.7. The number of ether oxygens (including phenoxy) is 1. The van der Waals surface area contributed by atoms with Gasteiger partial charge in [-0.1, -0.05) is 0 Å². The van der Waals surface area contributed by atoms with Crippen LogP contribution in [0.5, 0.6) is 5.75 Å². The molecule has 0 fully saturated rings. The number of benzene rings is 1. The van der Waals surface area contributed by atoms with Crippen LogP contribution in [0.3, 0.4) is 0 Å². The molecule has 1 aromatic heterocycles. The van der Waals surface area contributed by atoms with Crippen LogP contribution in [0.1, 0.15) is 0 Å². The van der Waals surface area contributed by atoms with Gasteiger partial charge in [-0.25, -0.2) is 9.37 Å². The Morgan fingerprint density at radius 1 is 1.53 bits per heavy atom. The van der Waals surface area contributed by atoms with Gasteiger partial charge in [0, 0.05) is 18.5 Å². The van der Waals surface area contributed by atoms with E-state index in [0.717, 1.165) is 6.07 Å². The lowest BCUT2D eigenvalue weighted by Crippen LogP contribution is -2.00. The van der Waals surface area contributed by atoms with Crippen molar-refractivity contribution in [2.45, 2.75) is 0 Å². The predicted molar refractivity (Wildman–Crippen MR) is 56.7 cm³/mol. The van der Waals surface area contributed by atoms with Gasteiger partial charge in [0.2, 0.25) is 0 Å². The van der Waals surface area contributed by atoms with E-state index < -0.39 is 16.4 Å². The lowest BCUT2D eigenvalue weighted by molar-refractivity contribution is -0.385. The van der Waals surface area contributed by atoms with E-state index in [9.17, 15) is 14.5 Å². The summed E-state index contributed by atoms with van der Waals surface area (Å²) in [5.74, 6) is -0.712. The summed E-state index contributed by atoms with van der Waals surface area (Å²) in [6.07, 6.45) is 4.40. The van der Waals surface area contributed by atoms with Gasteiger partial charge >= 0.3 is 5.69 Å². The maximum Gasteiger partial charge on any atom is 0.313 e. The fourth-order valence-electron chi connectivity index (χ4n) is 1.44. The smallest absolute Gasteiger partial charge is 0.313 e. The third kappa shape index (κ3) is 1.94. The molecule has 0 unspecified atom stereocenters. The molecule has 0 atom stereocenters. The molecule has 0 spiro atoms. The third-order valence-electron chi connectivity index (χ3n) is 2.23. The molecule has 0 saturated heterocycles. The summed E-state index contributed by atoms with van der Waals surface area (Å²) in [5.41, 5.74) is -0.265. The van der Waals surface area contributed by atoms with Crippen LogP contribution in [0.4, 0.5) is 10.1 Å². The minimum absolute atomic E-state index is 0.0000926. The summed E-state index contributed by atoms with van der Waals surface area (Å²) in [4.78, 5) is 13.7. The number of methoxy groups -OCH3 is 1. The monoisotopic (exact) mass is 237 g/mol. The molecule has 0 N–H and O–H groups in total. The number of nitrogens with zero attached hydrogens (tertiary/aromatic N) is 3. The van der Waals surface area contributed by atoms with Crippen LogP contribution >= 0.6 is 0 Å². The Kier molecular flexibility index (Phi) is 2.73. The normalized spacial score (nSPS) is 10.2. The van der Waals surface area contributed by atoms with Gasteiger partial charge in [-0.05, 0) is 0 Å². The Hall–Kier alpha value is -2.44. The molecular formula is C10H8FN3O3. The Balaban J connectivity index is 2.60. The minimum atomic E-state index is -0.712. The van der Waals surface area contributed by atoms with Crippen molar-refractivity contribution in [3.63, 3.8) is 0 Å². The Bertz CT molecular complexity index is 554. The van der Waals surface area contributed by atoms with Crippen molar-refractivity contribution >= 4 is 5.69 Å². The zero-order chi connectivity index (χ0) is 12.4. The van der Waals surface area contributed by atoms with E-state index in [4.69, 9.17) is 4.74 Å². The highest BCUT2D eigenvalue weighted by Crippen LogP contribution is 2.31. The predicted octanol–water partition coefficient (Wildman–Crippen LogP) is 1.93. The van der Waals surface area contributed by atoms with Gasteiger partial charge < -0.3 is 9.30 Å². The van der Waals surface area contributed by atoms with Crippen molar-refractivity contribution in [2.24, 2.45) is 0 Å². The van der Waals surface area contributed by atoms with Crippen LogP contribution in [-0.2, 0) is 0 Å². The Morgan fingerprint density at radius 3 is 2.82 bits per heavy atom. The van der Waals surface area contributed by atoms with Gasteiger partial charge in [-0.3, -0.25) is 10.1 Å². The lowest BCUT2D eigenvalue weighted by atomic mass is 10.2. The molecule has 88 valence electrons. The molecule has 2 aromatic rings. The highest BCUT2D eigenvalue weighted by Gasteiger charge is 2.19. The molecule has 1 heterocycles. The first-order chi connectivity index (χ1) is 8.13. The van der Waals surface area contributed by atoms with Crippen LogP contribution < -0.4 is 4.74 Å². The quantitative estimate of drug-likeness (QED) is 0.604. The van der Waals surface area contributed by atoms with Crippen molar-refractivity contribution in [3.8, 4) is 11.4 Å². The number of aromatic nitrogens is 2. The van der Waals surface area contributed by atoms with Gasteiger partial charge in [-0.2, -0.15) is 0 Å². The summed E-state index contributed by atoms with van der Waals surface area (Å²) >= 11 is 0. The molecule has 2 rings (SSSR count). The average molecular weight is 237 g/mol. The molecule has 0 aliphatic rings. The largest absolute Gasteiger partial charge is 0.490 e. The molecule has 0 saturated carbocycles. The van der Waals surface area contributed by atoms with Crippen LogP contribution in [0.15, 0.2) is 30.9 Å². The topological polar surface area (TPSA) is 70.2 Å². The molecule has 0 amide bonds. The number of nitro groups is 1. The Labute approximate surface area is 95.4 Å². The van der Waals surface area contributed by atoms with E-state index in [1.54, 1.807) is 0 Å². The number of halogens is 1. The van der Waals surface area contributed by atoms with Crippen LogP contribution in [0.25, 0.3) is 5.69 Å². The first-order valence-electron chi connectivity index (χ1n) is 4.63. The van der Waals surface area contributed by atoms with Gasteiger partial charge in [0.05, 0.1) is 30.1 Å². The molecular weight excluding hydrogens is 229 g/mol. The van der Waals surface area contributed by atoms with Crippen LogP contribution in [0.2, 0.25) is 0 Å². The van der Waals surface area contributed by atoms with Crippen molar-refractivity contribution in [2.75, 3.05) is 7.11 Å². The fraction of sp³-hybridized carbons (Fsp3) is 0.100. The average Bonchev–Trinajstić information content (AvgIpc) is 2.82. The van der Waals surface area contributed by atoms with E-state index in [-0.39, 0.29) is 11.4 Å². The highest BCUT2D eigenvalue weighted by atomic mass is 19.1. The first kappa shape index (κ1) is 11.1. The van der Waals surface area contributed by atoms with E-state index in [0.29, 0.717) is 0 Å².